The predicted molar refractivity (Wildman–Crippen MR) is 46.6 cm³/mol. The Morgan fingerprint density at radius 2 is 2.08 bits per heavy atom. The molecule has 0 fully saturated rings. The van der Waals surface area contributed by atoms with Gasteiger partial charge in [-0.2, -0.15) is 0 Å². The van der Waals surface area contributed by atoms with Crippen LogP contribution in [-0.4, -0.2) is 42.0 Å². The van der Waals surface area contributed by atoms with Crippen molar-refractivity contribution in [2.75, 3.05) is 20.3 Å². The Morgan fingerprint density at radius 3 is 2.46 bits per heavy atom. The number of amides is 1. The van der Waals surface area contributed by atoms with Gasteiger partial charge in [0.2, 0.25) is 5.91 Å². The maximum absolute atomic E-state index is 11.1. The van der Waals surface area contributed by atoms with E-state index in [1.807, 2.05) is 0 Å². The third-order valence-electron chi connectivity index (χ3n) is 1.57. The standard InChI is InChI=1S/C8H16NO4/c1-8(5-10,6-11)9-7(12)3-4-13-2/h4,10-11H,3,5-6H2,1-2H3,(H,9,12). The molecule has 0 rings (SSSR count). The highest BCUT2D eigenvalue weighted by Crippen LogP contribution is 2.01. The first-order valence-corrected chi connectivity index (χ1v) is 3.95. The van der Waals surface area contributed by atoms with E-state index in [1.165, 1.54) is 13.7 Å². The van der Waals surface area contributed by atoms with Crippen molar-refractivity contribution in [2.24, 2.45) is 0 Å². The fourth-order valence-electron chi connectivity index (χ4n) is 0.676. The largest absolute Gasteiger partial charge is 0.394 e. The summed E-state index contributed by atoms with van der Waals surface area (Å²) in [5.41, 5.74) is -0.960. The van der Waals surface area contributed by atoms with Crippen LogP contribution in [0.3, 0.4) is 0 Å². The van der Waals surface area contributed by atoms with Gasteiger partial charge in [0.25, 0.3) is 0 Å². The van der Waals surface area contributed by atoms with Crippen LogP contribution in [0.15, 0.2) is 0 Å². The summed E-state index contributed by atoms with van der Waals surface area (Å²) >= 11 is 0. The highest BCUT2D eigenvalue weighted by molar-refractivity contribution is 5.77. The number of methoxy groups -OCH3 is 1. The summed E-state index contributed by atoms with van der Waals surface area (Å²) in [6.45, 7) is 2.28. The van der Waals surface area contributed by atoms with Crippen LogP contribution in [0.2, 0.25) is 0 Å². The second-order valence-corrected chi connectivity index (χ2v) is 3.03. The van der Waals surface area contributed by atoms with E-state index in [-0.39, 0.29) is 25.5 Å². The monoisotopic (exact) mass is 190 g/mol. The van der Waals surface area contributed by atoms with Crippen LogP contribution in [0.25, 0.3) is 0 Å². The Morgan fingerprint density at radius 1 is 1.54 bits per heavy atom. The molecule has 0 saturated heterocycles. The van der Waals surface area contributed by atoms with Gasteiger partial charge in [0.1, 0.15) is 0 Å². The zero-order valence-corrected chi connectivity index (χ0v) is 7.91. The number of carbonyl (C=O) groups excluding carboxylic acids is 1. The van der Waals surface area contributed by atoms with Crippen LogP contribution < -0.4 is 5.32 Å². The van der Waals surface area contributed by atoms with Gasteiger partial charge >= 0.3 is 0 Å². The fraction of sp³-hybridized carbons (Fsp3) is 0.750. The van der Waals surface area contributed by atoms with Crippen LogP contribution in [-0.2, 0) is 9.53 Å². The molecule has 0 aromatic heterocycles. The van der Waals surface area contributed by atoms with Crippen molar-refractivity contribution in [3.05, 3.63) is 6.61 Å². The minimum Gasteiger partial charge on any atom is -0.394 e. The first-order chi connectivity index (χ1) is 6.08. The van der Waals surface area contributed by atoms with Gasteiger partial charge < -0.3 is 20.3 Å². The van der Waals surface area contributed by atoms with Crippen LogP contribution in [0, 0.1) is 6.61 Å². The molecule has 0 aliphatic rings. The lowest BCUT2D eigenvalue weighted by atomic mass is 10.1. The van der Waals surface area contributed by atoms with Crippen LogP contribution in [0.1, 0.15) is 13.3 Å². The smallest absolute Gasteiger partial charge is 0.223 e. The zero-order chi connectivity index (χ0) is 10.3. The fourth-order valence-corrected chi connectivity index (χ4v) is 0.676. The van der Waals surface area contributed by atoms with E-state index >= 15 is 0 Å². The van der Waals surface area contributed by atoms with E-state index in [4.69, 9.17) is 10.2 Å². The highest BCUT2D eigenvalue weighted by Gasteiger charge is 2.23. The molecule has 1 amide bonds. The molecular weight excluding hydrogens is 174 g/mol. The Labute approximate surface area is 77.7 Å². The third kappa shape index (κ3) is 4.82. The molecule has 0 heterocycles. The molecule has 0 aliphatic heterocycles. The minimum atomic E-state index is -0.960. The summed E-state index contributed by atoms with van der Waals surface area (Å²) in [7, 11) is 1.45. The van der Waals surface area contributed by atoms with E-state index in [9.17, 15) is 4.79 Å². The number of aliphatic hydroxyl groups is 2. The van der Waals surface area contributed by atoms with Crippen LogP contribution in [0.4, 0.5) is 0 Å². The van der Waals surface area contributed by atoms with Crippen molar-refractivity contribution in [1.29, 1.82) is 0 Å². The van der Waals surface area contributed by atoms with Gasteiger partial charge in [-0.05, 0) is 6.92 Å². The van der Waals surface area contributed by atoms with Crippen molar-refractivity contribution in [3.8, 4) is 0 Å². The Kier molecular flexibility index (Phi) is 5.61. The van der Waals surface area contributed by atoms with E-state index in [1.54, 1.807) is 6.92 Å². The number of carbonyl (C=O) groups is 1. The average Bonchev–Trinajstić information content (AvgIpc) is 2.14. The number of hydrogen-bond donors (Lipinski definition) is 3. The lowest BCUT2D eigenvalue weighted by Crippen LogP contribution is -2.51. The van der Waals surface area contributed by atoms with Gasteiger partial charge in [-0.1, -0.05) is 0 Å². The van der Waals surface area contributed by atoms with Gasteiger partial charge in [-0.25, -0.2) is 0 Å². The van der Waals surface area contributed by atoms with Crippen molar-refractivity contribution >= 4 is 5.91 Å². The van der Waals surface area contributed by atoms with Gasteiger partial charge in [-0.15, -0.1) is 0 Å². The number of ether oxygens (including phenoxy) is 1. The van der Waals surface area contributed by atoms with E-state index < -0.39 is 5.54 Å². The maximum atomic E-state index is 11.1. The number of rotatable bonds is 6. The summed E-state index contributed by atoms with van der Waals surface area (Å²) in [4.78, 5) is 11.1. The summed E-state index contributed by atoms with van der Waals surface area (Å²) < 4.78 is 4.58. The van der Waals surface area contributed by atoms with Crippen molar-refractivity contribution in [1.82, 2.24) is 5.32 Å². The first kappa shape index (κ1) is 12.3. The normalized spacial score (nSPS) is 11.4. The maximum Gasteiger partial charge on any atom is 0.223 e. The third-order valence-corrected chi connectivity index (χ3v) is 1.57. The van der Waals surface area contributed by atoms with Crippen molar-refractivity contribution < 1.29 is 19.7 Å². The Hall–Kier alpha value is -0.650. The van der Waals surface area contributed by atoms with E-state index in [2.05, 4.69) is 10.1 Å². The Bertz CT molecular complexity index is 156. The SMILES string of the molecule is CO[CH]CC(=O)NC(C)(CO)CO. The average molecular weight is 190 g/mol. The van der Waals surface area contributed by atoms with E-state index in [0.29, 0.717) is 0 Å². The molecule has 77 valence electrons. The molecule has 0 spiro atoms. The molecule has 1 radical (unpaired) electrons. The molecule has 0 aromatic carbocycles. The number of nitrogens with one attached hydrogen (secondary N) is 1. The zero-order valence-electron chi connectivity index (χ0n) is 7.91. The molecule has 3 N–H and O–H groups in total. The molecule has 0 aromatic rings. The molecule has 0 aliphatic carbocycles. The molecule has 13 heavy (non-hydrogen) atoms. The number of aliphatic hydroxyl groups excluding tert-OH is 2. The summed E-state index contributed by atoms with van der Waals surface area (Å²) in [6.07, 6.45) is 0.103. The lowest BCUT2D eigenvalue weighted by molar-refractivity contribution is -0.124. The molecule has 5 heteroatoms. The van der Waals surface area contributed by atoms with Crippen LogP contribution >= 0.6 is 0 Å². The van der Waals surface area contributed by atoms with Gasteiger partial charge in [-0.3, -0.25) is 4.79 Å². The molecule has 5 nitrogen and oxygen atoms in total. The van der Waals surface area contributed by atoms with Crippen molar-refractivity contribution in [2.45, 2.75) is 18.9 Å². The molecule has 0 saturated carbocycles. The van der Waals surface area contributed by atoms with Gasteiger partial charge in [0.05, 0.1) is 31.8 Å². The van der Waals surface area contributed by atoms with Crippen molar-refractivity contribution in [3.63, 3.8) is 0 Å². The predicted octanol–water partition coefficient (Wildman–Crippen LogP) is -0.956. The topological polar surface area (TPSA) is 78.8 Å². The molecule has 0 unspecified atom stereocenters. The summed E-state index contributed by atoms with van der Waals surface area (Å²) in [6, 6.07) is 0. The van der Waals surface area contributed by atoms with E-state index in [0.717, 1.165) is 0 Å². The second-order valence-electron chi connectivity index (χ2n) is 3.03. The molecule has 0 bridgehead atoms. The summed E-state index contributed by atoms with van der Waals surface area (Å²) in [5.74, 6) is -0.299. The number of hydrogen-bond acceptors (Lipinski definition) is 4. The summed E-state index contributed by atoms with van der Waals surface area (Å²) in [5, 5.41) is 20.2. The molecule has 0 atom stereocenters. The van der Waals surface area contributed by atoms with Gasteiger partial charge in [0.15, 0.2) is 0 Å². The first-order valence-electron chi connectivity index (χ1n) is 3.95. The lowest BCUT2D eigenvalue weighted by Gasteiger charge is -2.25. The quantitative estimate of drug-likeness (QED) is 0.504. The second kappa shape index (κ2) is 5.90. The van der Waals surface area contributed by atoms with Crippen LogP contribution in [0.5, 0.6) is 0 Å². The molecular formula is C8H16NO4. The Balaban J connectivity index is 3.87. The minimum absolute atomic E-state index is 0.103. The van der Waals surface area contributed by atoms with Gasteiger partial charge in [0, 0.05) is 7.11 Å². The highest BCUT2D eigenvalue weighted by atomic mass is 16.5.